The number of rotatable bonds is 6. The van der Waals surface area contributed by atoms with Crippen molar-refractivity contribution in [3.8, 4) is 0 Å². The molecule has 0 saturated heterocycles. The lowest BCUT2D eigenvalue weighted by Crippen LogP contribution is -2.26. The molecule has 0 radical (unpaired) electrons. The Hall–Kier alpha value is -3.71. The van der Waals surface area contributed by atoms with Gasteiger partial charge < -0.3 is 14.3 Å². The van der Waals surface area contributed by atoms with Crippen LogP contribution in [0.1, 0.15) is 61.3 Å². The van der Waals surface area contributed by atoms with E-state index in [0.717, 1.165) is 21.7 Å². The molecule has 2 aromatic heterocycles. The van der Waals surface area contributed by atoms with Gasteiger partial charge in [-0.3, -0.25) is 9.59 Å². The van der Waals surface area contributed by atoms with Crippen molar-refractivity contribution in [3.05, 3.63) is 110 Å². The van der Waals surface area contributed by atoms with Gasteiger partial charge in [0.15, 0.2) is 10.6 Å². The van der Waals surface area contributed by atoms with Crippen molar-refractivity contribution in [1.29, 1.82) is 0 Å². The van der Waals surface area contributed by atoms with Crippen LogP contribution in [0, 0.1) is 20.8 Å². The Balaban J connectivity index is 1.54. The van der Waals surface area contributed by atoms with Crippen molar-refractivity contribution in [3.63, 3.8) is 0 Å². The number of nitrogens with one attached hydrogen (secondary N) is 1. The maximum atomic E-state index is 12.8. The lowest BCUT2D eigenvalue weighted by Gasteiger charge is -2.13. The molecule has 4 aromatic rings. The Morgan fingerprint density at radius 3 is 2.53 bits per heavy atom. The minimum atomic E-state index is -0.284. The average Bonchev–Trinajstić information content (AvgIpc) is 3.40. The van der Waals surface area contributed by atoms with Crippen LogP contribution in [0.3, 0.4) is 0 Å². The molecule has 7 heteroatoms. The normalized spacial score (nSPS) is 12.5. The second-order valence-electron chi connectivity index (χ2n) is 8.27. The maximum absolute atomic E-state index is 12.8. The van der Waals surface area contributed by atoms with Crippen molar-refractivity contribution >= 4 is 23.2 Å². The van der Waals surface area contributed by atoms with Gasteiger partial charge in [0, 0.05) is 16.1 Å². The molecular weight excluding hydrogens is 446 g/mol. The van der Waals surface area contributed by atoms with E-state index in [9.17, 15) is 9.59 Å². The third-order valence-electron chi connectivity index (χ3n) is 5.70. The van der Waals surface area contributed by atoms with Gasteiger partial charge in [0.1, 0.15) is 5.76 Å². The average molecular weight is 474 g/mol. The van der Waals surface area contributed by atoms with Crippen LogP contribution in [-0.4, -0.2) is 16.4 Å². The predicted molar refractivity (Wildman–Crippen MR) is 133 cm³/mol. The minimum absolute atomic E-state index is 0.142. The van der Waals surface area contributed by atoms with Crippen molar-refractivity contribution in [1.82, 2.24) is 9.88 Å². The largest absolute Gasteiger partial charge is 0.454 e. The van der Waals surface area contributed by atoms with Crippen LogP contribution in [0.2, 0.25) is 0 Å². The summed E-state index contributed by atoms with van der Waals surface area (Å²) in [5.41, 5.74) is 3.59. The van der Waals surface area contributed by atoms with E-state index in [4.69, 9.17) is 4.42 Å². The zero-order valence-electron chi connectivity index (χ0n) is 19.7. The van der Waals surface area contributed by atoms with E-state index in [1.165, 1.54) is 11.3 Å². The van der Waals surface area contributed by atoms with Crippen molar-refractivity contribution in [2.45, 2.75) is 40.3 Å². The molecule has 4 rings (SSSR count). The molecule has 2 heterocycles. The predicted octanol–water partition coefficient (Wildman–Crippen LogP) is 5.35. The van der Waals surface area contributed by atoms with Gasteiger partial charge in [-0.1, -0.05) is 48.0 Å². The van der Waals surface area contributed by atoms with Crippen molar-refractivity contribution in [2.75, 3.05) is 0 Å². The summed E-state index contributed by atoms with van der Waals surface area (Å²) in [5, 5.41) is 2.96. The van der Waals surface area contributed by atoms with Gasteiger partial charge in [-0.2, -0.15) is 4.99 Å². The molecule has 1 N–H and O–H groups in total. The molecule has 2 amide bonds. The summed E-state index contributed by atoms with van der Waals surface area (Å²) >= 11 is 1.46. The number of carbonyl (C=O) groups is 2. The number of nitrogens with zero attached hydrogens (tertiary/aromatic N) is 2. The van der Waals surface area contributed by atoms with E-state index in [2.05, 4.69) is 10.3 Å². The standard InChI is InChI=1S/C27H27N3O3S/c1-17-9-8-12-22(15-17)25(31)29-27-30(19(3)20(4)34-27)16-23-13-14-24(33-23)26(32)28-18(2)21-10-6-5-7-11-21/h5-15,18H,16H2,1-4H3,(H,28,32)/t18-/m1/s1. The fraction of sp³-hybridized carbons (Fsp3) is 0.222. The Bertz CT molecular complexity index is 1400. The Morgan fingerprint density at radius 1 is 1.03 bits per heavy atom. The first-order chi connectivity index (χ1) is 16.3. The molecule has 34 heavy (non-hydrogen) atoms. The molecule has 0 bridgehead atoms. The monoisotopic (exact) mass is 473 g/mol. The Kier molecular flexibility index (Phi) is 6.93. The number of carbonyl (C=O) groups excluding carboxylic acids is 2. The fourth-order valence-electron chi connectivity index (χ4n) is 3.63. The summed E-state index contributed by atoms with van der Waals surface area (Å²) < 4.78 is 7.80. The minimum Gasteiger partial charge on any atom is -0.454 e. The highest BCUT2D eigenvalue weighted by molar-refractivity contribution is 7.09. The first-order valence-electron chi connectivity index (χ1n) is 11.1. The number of hydrogen-bond donors (Lipinski definition) is 1. The van der Waals surface area contributed by atoms with E-state index >= 15 is 0 Å². The molecule has 0 aliphatic rings. The van der Waals surface area contributed by atoms with Crippen LogP contribution in [-0.2, 0) is 6.54 Å². The van der Waals surface area contributed by atoms with Crippen LogP contribution in [0.25, 0.3) is 0 Å². The SMILES string of the molecule is Cc1cccc(C(=O)N=c2sc(C)c(C)n2Cc2ccc(C(=O)N[C@H](C)c3ccccc3)o2)c1. The zero-order chi connectivity index (χ0) is 24.2. The Morgan fingerprint density at radius 2 is 1.79 bits per heavy atom. The molecule has 0 unspecified atom stereocenters. The van der Waals surface area contributed by atoms with Crippen LogP contribution < -0.4 is 10.1 Å². The summed E-state index contributed by atoms with van der Waals surface area (Å²) in [7, 11) is 0. The number of aryl methyl sites for hydroxylation is 2. The van der Waals surface area contributed by atoms with E-state index < -0.39 is 0 Å². The number of amides is 2. The maximum Gasteiger partial charge on any atom is 0.287 e. The molecular formula is C27H27N3O3S. The molecule has 0 fully saturated rings. The first-order valence-corrected chi connectivity index (χ1v) is 11.9. The number of furan rings is 1. The highest BCUT2D eigenvalue weighted by Crippen LogP contribution is 2.17. The molecule has 0 aliphatic carbocycles. The van der Waals surface area contributed by atoms with Crippen LogP contribution in [0.15, 0.2) is 76.1 Å². The number of hydrogen-bond acceptors (Lipinski definition) is 4. The molecule has 6 nitrogen and oxygen atoms in total. The Labute approximate surface area is 202 Å². The van der Waals surface area contributed by atoms with E-state index in [1.54, 1.807) is 18.2 Å². The van der Waals surface area contributed by atoms with Crippen molar-refractivity contribution < 1.29 is 14.0 Å². The summed E-state index contributed by atoms with van der Waals surface area (Å²) in [5.74, 6) is 0.304. The summed E-state index contributed by atoms with van der Waals surface area (Å²) in [4.78, 5) is 31.5. The summed E-state index contributed by atoms with van der Waals surface area (Å²) in [6.45, 7) is 8.24. The number of thiazole rings is 1. The molecule has 0 saturated carbocycles. The van der Waals surface area contributed by atoms with Crippen LogP contribution in [0.4, 0.5) is 0 Å². The first kappa shape index (κ1) is 23.4. The van der Waals surface area contributed by atoms with Gasteiger partial charge in [0.05, 0.1) is 12.6 Å². The third kappa shape index (κ3) is 5.26. The lowest BCUT2D eigenvalue weighted by atomic mass is 10.1. The van der Waals surface area contributed by atoms with E-state index in [1.807, 2.05) is 80.8 Å². The zero-order valence-corrected chi connectivity index (χ0v) is 20.5. The second-order valence-corrected chi connectivity index (χ2v) is 9.45. The molecule has 1 atom stereocenters. The van der Waals surface area contributed by atoms with E-state index in [0.29, 0.717) is 22.7 Å². The lowest BCUT2D eigenvalue weighted by molar-refractivity contribution is 0.0909. The molecule has 0 spiro atoms. The molecule has 2 aromatic carbocycles. The molecule has 0 aliphatic heterocycles. The van der Waals surface area contributed by atoms with Crippen molar-refractivity contribution in [2.24, 2.45) is 4.99 Å². The van der Waals surface area contributed by atoms with Gasteiger partial charge in [-0.05, 0) is 57.5 Å². The highest BCUT2D eigenvalue weighted by Gasteiger charge is 2.17. The number of aromatic nitrogens is 1. The quantitative estimate of drug-likeness (QED) is 0.410. The van der Waals surface area contributed by atoms with Crippen LogP contribution in [0.5, 0.6) is 0 Å². The van der Waals surface area contributed by atoms with Gasteiger partial charge in [0.2, 0.25) is 0 Å². The summed E-state index contributed by atoms with van der Waals surface area (Å²) in [6.07, 6.45) is 0. The molecule has 174 valence electrons. The summed E-state index contributed by atoms with van der Waals surface area (Å²) in [6, 6.07) is 20.5. The van der Waals surface area contributed by atoms with Crippen LogP contribution >= 0.6 is 11.3 Å². The third-order valence-corrected chi connectivity index (χ3v) is 6.79. The second kappa shape index (κ2) is 10.1. The highest BCUT2D eigenvalue weighted by atomic mass is 32.1. The van der Waals surface area contributed by atoms with Gasteiger partial charge in [-0.15, -0.1) is 11.3 Å². The van der Waals surface area contributed by atoms with Gasteiger partial charge >= 0.3 is 0 Å². The smallest absolute Gasteiger partial charge is 0.287 e. The fourth-order valence-corrected chi connectivity index (χ4v) is 4.60. The topological polar surface area (TPSA) is 76.6 Å². The van der Waals surface area contributed by atoms with Gasteiger partial charge in [0.25, 0.3) is 11.8 Å². The van der Waals surface area contributed by atoms with E-state index in [-0.39, 0.29) is 23.6 Å². The van der Waals surface area contributed by atoms with Gasteiger partial charge in [-0.25, -0.2) is 0 Å². The number of benzene rings is 2.